The van der Waals surface area contributed by atoms with E-state index in [9.17, 15) is 5.11 Å². The average Bonchev–Trinajstić information content (AvgIpc) is 3.67. The largest absolute Gasteiger partial charge is 0.508 e. The van der Waals surface area contributed by atoms with Crippen molar-refractivity contribution in [2.75, 3.05) is 0 Å². The lowest BCUT2D eigenvalue weighted by Crippen LogP contribution is -1.92. The smallest absolute Gasteiger partial charge is 0.164 e. The maximum Gasteiger partial charge on any atom is 0.164 e. The number of fused-ring (bicyclic) bond motifs is 13. The van der Waals surface area contributed by atoms with Crippen molar-refractivity contribution < 1.29 is 9.52 Å². The zero-order valence-corrected chi connectivity index (χ0v) is 23.0. The van der Waals surface area contributed by atoms with Gasteiger partial charge in [-0.1, -0.05) is 18.2 Å². The summed E-state index contributed by atoms with van der Waals surface area (Å²) in [4.78, 5) is 0. The van der Waals surface area contributed by atoms with Gasteiger partial charge in [0.05, 0.1) is 43.9 Å². The van der Waals surface area contributed by atoms with Crippen molar-refractivity contribution in [3.63, 3.8) is 0 Å². The van der Waals surface area contributed by atoms with Crippen molar-refractivity contribution in [1.82, 2.24) is 4.57 Å². The third-order valence-corrected chi connectivity index (χ3v) is 12.6. The van der Waals surface area contributed by atoms with E-state index in [1.807, 2.05) is 57.5 Å². The minimum Gasteiger partial charge on any atom is -0.508 e. The fraction of sp³-hybridized carbons (Fsp3) is 0.0667. The highest BCUT2D eigenvalue weighted by Gasteiger charge is 2.26. The molecule has 0 radical (unpaired) electrons. The van der Waals surface area contributed by atoms with Crippen LogP contribution in [0, 0.1) is 13.8 Å². The molecule has 0 spiro atoms. The molecule has 6 heterocycles. The van der Waals surface area contributed by atoms with Crippen LogP contribution >= 0.6 is 45.3 Å². The molecule has 3 aromatic carbocycles. The van der Waals surface area contributed by atoms with Crippen LogP contribution < -0.4 is 0 Å². The van der Waals surface area contributed by atoms with Crippen LogP contribution in [0.15, 0.2) is 65.1 Å². The molecule has 7 heteroatoms. The lowest BCUT2D eigenvalue weighted by molar-refractivity contribution is 0.475. The molecule has 9 rings (SSSR count). The van der Waals surface area contributed by atoms with Gasteiger partial charge >= 0.3 is 0 Å². The molecule has 9 aromatic rings. The summed E-state index contributed by atoms with van der Waals surface area (Å²) in [5.74, 6) is 0.281. The first-order valence-electron chi connectivity index (χ1n) is 12.0. The van der Waals surface area contributed by atoms with E-state index in [2.05, 4.69) is 54.8 Å². The predicted molar refractivity (Wildman–Crippen MR) is 163 cm³/mol. The Hall–Kier alpha value is -3.36. The zero-order valence-electron chi connectivity index (χ0n) is 19.7. The van der Waals surface area contributed by atoms with Crippen molar-refractivity contribution in [3.05, 3.63) is 71.8 Å². The van der Waals surface area contributed by atoms with Crippen molar-refractivity contribution in [2.45, 2.75) is 13.8 Å². The SMILES string of the molecule is Cc1ccc2c(c1)oc1c2sc2c1sc1c2sc2c3sc4cc(C)ccc4c3n(-c3ccc(O)cc3)c12. The number of hydrogen-bond acceptors (Lipinski definition) is 6. The Bertz CT molecular complexity index is 2390. The quantitative estimate of drug-likeness (QED) is 0.220. The second-order valence-corrected chi connectivity index (χ2v) is 13.8. The second kappa shape index (κ2) is 6.94. The summed E-state index contributed by atoms with van der Waals surface area (Å²) in [7, 11) is 0. The van der Waals surface area contributed by atoms with Crippen LogP contribution in [0.4, 0.5) is 0 Å². The van der Waals surface area contributed by atoms with Gasteiger partial charge in [-0.2, -0.15) is 0 Å². The molecular formula is C30H17NO2S4. The van der Waals surface area contributed by atoms with E-state index in [-0.39, 0.29) is 5.75 Å². The molecule has 0 aliphatic carbocycles. The molecule has 1 N–H and O–H groups in total. The number of thiophene rings is 4. The van der Waals surface area contributed by atoms with Gasteiger partial charge in [0.25, 0.3) is 0 Å². The summed E-state index contributed by atoms with van der Waals surface area (Å²) in [5.41, 5.74) is 8.08. The van der Waals surface area contributed by atoms with Crippen molar-refractivity contribution in [3.8, 4) is 11.4 Å². The molecule has 178 valence electrons. The molecule has 0 fully saturated rings. The Morgan fingerprint density at radius 2 is 1.27 bits per heavy atom. The van der Waals surface area contributed by atoms with Crippen LogP contribution in [0.5, 0.6) is 5.75 Å². The van der Waals surface area contributed by atoms with Gasteiger partial charge in [0, 0.05) is 21.2 Å². The average molecular weight is 552 g/mol. The summed E-state index contributed by atoms with van der Waals surface area (Å²) in [5, 5.41) is 12.5. The Balaban J connectivity index is 1.46. The second-order valence-electron chi connectivity index (χ2n) is 9.69. The topological polar surface area (TPSA) is 38.3 Å². The number of furan rings is 1. The molecule has 0 unspecified atom stereocenters. The highest BCUT2D eigenvalue weighted by Crippen LogP contribution is 2.55. The highest BCUT2D eigenvalue weighted by atomic mass is 32.1. The van der Waals surface area contributed by atoms with Crippen LogP contribution in [-0.2, 0) is 0 Å². The maximum atomic E-state index is 10.0. The van der Waals surface area contributed by atoms with Crippen LogP contribution in [0.25, 0.3) is 76.3 Å². The van der Waals surface area contributed by atoms with Crippen LogP contribution in [0.2, 0.25) is 0 Å². The van der Waals surface area contributed by atoms with Crippen molar-refractivity contribution in [2.24, 2.45) is 0 Å². The summed E-state index contributed by atoms with van der Waals surface area (Å²) in [6, 6.07) is 20.9. The summed E-state index contributed by atoms with van der Waals surface area (Å²) >= 11 is 7.51. The molecule has 0 aliphatic rings. The van der Waals surface area contributed by atoms with E-state index < -0.39 is 0 Å². The molecule has 6 aromatic heterocycles. The number of rotatable bonds is 1. The minimum absolute atomic E-state index is 0.281. The standard InChI is InChI=1S/C30H17NO2S4/c1-13-3-9-17-19(11-13)33-23-24(17)35-30-28(23)36-27-22-26(37-29(27)30)25-21(18-10-4-14(2)12-20(18)34-25)31(22)15-5-7-16(32)8-6-15/h3-12,32H,1-2H3. The van der Waals surface area contributed by atoms with Crippen LogP contribution in [0.1, 0.15) is 11.1 Å². The van der Waals surface area contributed by atoms with Gasteiger partial charge in [-0.3, -0.25) is 0 Å². The normalized spacial score (nSPS) is 12.7. The number of aryl methyl sites for hydroxylation is 2. The Labute approximate surface area is 226 Å². The number of phenolic OH excluding ortho intramolecular Hbond substituents is 1. The van der Waals surface area contributed by atoms with E-state index >= 15 is 0 Å². The molecule has 3 nitrogen and oxygen atoms in total. The van der Waals surface area contributed by atoms with Crippen molar-refractivity contribution >= 4 is 116 Å². The maximum absolute atomic E-state index is 10.0. The highest BCUT2D eigenvalue weighted by molar-refractivity contribution is 7.44. The van der Waals surface area contributed by atoms with Gasteiger partial charge < -0.3 is 14.1 Å². The zero-order chi connectivity index (χ0) is 24.6. The van der Waals surface area contributed by atoms with E-state index in [4.69, 9.17) is 4.42 Å². The minimum atomic E-state index is 0.281. The van der Waals surface area contributed by atoms with E-state index in [1.165, 1.54) is 70.5 Å². The number of hydrogen-bond donors (Lipinski definition) is 1. The molecule has 0 bridgehead atoms. The van der Waals surface area contributed by atoms with Gasteiger partial charge in [0.2, 0.25) is 0 Å². The third kappa shape index (κ3) is 2.60. The predicted octanol–water partition coefficient (Wildman–Crippen LogP) is 10.7. The molecule has 0 atom stereocenters. The van der Waals surface area contributed by atoms with E-state index in [0.29, 0.717) is 0 Å². The molecule has 37 heavy (non-hydrogen) atoms. The molecule has 0 amide bonds. The van der Waals surface area contributed by atoms with E-state index in [0.717, 1.165) is 16.9 Å². The summed E-state index contributed by atoms with van der Waals surface area (Å²) < 4.78 is 19.3. The van der Waals surface area contributed by atoms with Crippen LogP contribution in [0.3, 0.4) is 0 Å². The Morgan fingerprint density at radius 3 is 2.11 bits per heavy atom. The lowest BCUT2D eigenvalue weighted by Gasteiger charge is -2.07. The monoisotopic (exact) mass is 551 g/mol. The Kier molecular flexibility index (Phi) is 3.87. The molecular weight excluding hydrogens is 535 g/mol. The number of phenols is 1. The molecule has 0 saturated heterocycles. The number of aromatic nitrogens is 1. The van der Waals surface area contributed by atoms with Gasteiger partial charge in [-0.05, 0) is 67.4 Å². The number of aromatic hydroxyl groups is 1. The molecule has 0 aliphatic heterocycles. The van der Waals surface area contributed by atoms with Gasteiger partial charge in [-0.25, -0.2) is 0 Å². The van der Waals surface area contributed by atoms with E-state index in [1.54, 1.807) is 12.1 Å². The Morgan fingerprint density at radius 1 is 0.622 bits per heavy atom. The molecule has 0 saturated carbocycles. The summed E-state index contributed by atoms with van der Waals surface area (Å²) in [6.45, 7) is 4.26. The first kappa shape index (κ1) is 20.7. The number of nitrogens with zero attached hydrogens (tertiary/aromatic N) is 1. The third-order valence-electron chi connectivity index (χ3n) is 7.25. The van der Waals surface area contributed by atoms with Gasteiger partial charge in [0.15, 0.2) is 5.58 Å². The number of benzene rings is 3. The fourth-order valence-electron chi connectivity index (χ4n) is 5.57. The first-order valence-corrected chi connectivity index (χ1v) is 15.2. The van der Waals surface area contributed by atoms with Gasteiger partial charge in [-0.15, -0.1) is 45.3 Å². The fourth-order valence-corrected chi connectivity index (χ4v) is 11.3. The first-order chi connectivity index (χ1) is 18.0. The van der Waals surface area contributed by atoms with Gasteiger partial charge in [0.1, 0.15) is 11.3 Å². The lowest BCUT2D eigenvalue weighted by atomic mass is 10.2. The van der Waals surface area contributed by atoms with Crippen molar-refractivity contribution in [1.29, 1.82) is 0 Å². The van der Waals surface area contributed by atoms with Crippen LogP contribution in [-0.4, -0.2) is 9.67 Å². The summed E-state index contributed by atoms with van der Waals surface area (Å²) in [6.07, 6.45) is 0.